The molecule has 7 rings (SSSR count). The summed E-state index contributed by atoms with van der Waals surface area (Å²) in [5.74, 6) is 0.687. The van der Waals surface area contributed by atoms with Crippen molar-refractivity contribution in [2.24, 2.45) is 0 Å². The summed E-state index contributed by atoms with van der Waals surface area (Å²) in [7, 11) is 0. The summed E-state index contributed by atoms with van der Waals surface area (Å²) in [6.45, 7) is 0.366. The Kier molecular flexibility index (Phi) is 3.30. The number of non-ortho nitro benzene ring substituents is 1. The first kappa shape index (κ1) is 17.8. The largest absolute Gasteiger partial charge is 0.488 e. The van der Waals surface area contributed by atoms with Gasteiger partial charge in [-0.25, -0.2) is 0 Å². The molecule has 0 bridgehead atoms. The number of nitro benzene ring substituents is 1. The maximum atomic E-state index is 11.5. The van der Waals surface area contributed by atoms with E-state index >= 15 is 0 Å². The molecule has 1 aliphatic heterocycles. The third-order valence-electron chi connectivity index (χ3n) is 6.28. The number of furan rings is 2. The van der Waals surface area contributed by atoms with Crippen molar-refractivity contribution in [1.29, 1.82) is 5.26 Å². The highest BCUT2D eigenvalue weighted by Crippen LogP contribution is 2.50. The quantitative estimate of drug-likeness (QED) is 0.208. The lowest BCUT2D eigenvalue weighted by molar-refractivity contribution is -0.384. The molecule has 0 saturated heterocycles. The van der Waals surface area contributed by atoms with Crippen LogP contribution in [0.1, 0.15) is 11.1 Å². The molecule has 6 aromatic rings. The molecule has 0 amide bonds. The van der Waals surface area contributed by atoms with E-state index < -0.39 is 4.92 Å². The Morgan fingerprint density at radius 3 is 2.24 bits per heavy atom. The number of ether oxygens (including phenoxy) is 1. The van der Waals surface area contributed by atoms with Crippen molar-refractivity contribution in [2.45, 2.75) is 6.61 Å². The molecule has 0 radical (unpaired) electrons. The second-order valence-corrected chi connectivity index (χ2v) is 8.04. The summed E-state index contributed by atoms with van der Waals surface area (Å²) in [6.07, 6.45) is 0. The van der Waals surface area contributed by atoms with Gasteiger partial charge in [-0.2, -0.15) is 5.26 Å². The zero-order chi connectivity index (χ0) is 22.3. The molecule has 0 saturated carbocycles. The van der Waals surface area contributed by atoms with Gasteiger partial charge < -0.3 is 13.6 Å². The number of hydrogen-bond donors (Lipinski definition) is 0. The van der Waals surface area contributed by atoms with E-state index in [-0.39, 0.29) is 5.69 Å². The number of benzene rings is 4. The van der Waals surface area contributed by atoms with Crippen molar-refractivity contribution < 1.29 is 18.5 Å². The lowest BCUT2D eigenvalue weighted by atomic mass is 9.89. The third-order valence-corrected chi connectivity index (χ3v) is 6.28. The van der Waals surface area contributed by atoms with E-state index in [0.29, 0.717) is 45.6 Å². The van der Waals surface area contributed by atoms with Gasteiger partial charge in [-0.15, -0.1) is 0 Å². The van der Waals surface area contributed by atoms with Crippen LogP contribution in [0.25, 0.3) is 55.0 Å². The van der Waals surface area contributed by atoms with Crippen LogP contribution in [0.2, 0.25) is 0 Å². The van der Waals surface area contributed by atoms with E-state index in [4.69, 9.17) is 13.6 Å². The summed E-state index contributed by atoms with van der Waals surface area (Å²) >= 11 is 0. The van der Waals surface area contributed by atoms with Gasteiger partial charge in [-0.05, 0) is 48.0 Å². The van der Waals surface area contributed by atoms with E-state index in [1.807, 2.05) is 30.3 Å². The summed E-state index contributed by atoms with van der Waals surface area (Å²) in [6, 6.07) is 19.7. The molecule has 0 atom stereocenters. The summed E-state index contributed by atoms with van der Waals surface area (Å²) in [5.41, 5.74) is 5.78. The van der Waals surface area contributed by atoms with E-state index in [2.05, 4.69) is 6.07 Å². The van der Waals surface area contributed by atoms with Gasteiger partial charge >= 0.3 is 0 Å². The van der Waals surface area contributed by atoms with Gasteiger partial charge in [-0.1, -0.05) is 6.07 Å². The monoisotopic (exact) mass is 432 g/mol. The van der Waals surface area contributed by atoms with Crippen molar-refractivity contribution in [1.82, 2.24) is 0 Å². The molecule has 4 aromatic carbocycles. The highest BCUT2D eigenvalue weighted by molar-refractivity contribution is 6.21. The second-order valence-electron chi connectivity index (χ2n) is 8.04. The minimum atomic E-state index is -0.407. The van der Waals surface area contributed by atoms with Crippen LogP contribution >= 0.6 is 0 Å². The van der Waals surface area contributed by atoms with Crippen molar-refractivity contribution in [3.05, 3.63) is 81.9 Å². The standard InChI is InChI=1S/C26H12N2O5/c27-11-13-1-4-18-16(9-13)25-22(32-18)8-7-20-26(25)23-14(12-31-20)2-5-21-24(23)17-10-15(28(29)30)3-6-19(17)33-21/h1-10H,12H2. The fourth-order valence-electron chi connectivity index (χ4n) is 4.86. The Balaban J connectivity index is 1.69. The van der Waals surface area contributed by atoms with E-state index in [0.717, 1.165) is 32.8 Å². The molecule has 3 heterocycles. The molecule has 2 aromatic heterocycles. The first-order valence-electron chi connectivity index (χ1n) is 10.3. The van der Waals surface area contributed by atoms with Crippen LogP contribution in [0.5, 0.6) is 5.75 Å². The molecule has 7 heteroatoms. The maximum absolute atomic E-state index is 11.5. The van der Waals surface area contributed by atoms with E-state index in [1.54, 1.807) is 24.3 Å². The van der Waals surface area contributed by atoms with Crippen molar-refractivity contribution >= 4 is 49.6 Å². The highest BCUT2D eigenvalue weighted by Gasteiger charge is 2.27. The molecule has 1 aliphatic rings. The highest BCUT2D eigenvalue weighted by atomic mass is 16.6. The fourth-order valence-corrected chi connectivity index (χ4v) is 4.86. The van der Waals surface area contributed by atoms with Gasteiger partial charge in [0.1, 0.15) is 34.7 Å². The van der Waals surface area contributed by atoms with Gasteiger partial charge in [0.15, 0.2) is 0 Å². The molecule has 0 spiro atoms. The second kappa shape index (κ2) is 6.11. The van der Waals surface area contributed by atoms with Crippen molar-refractivity contribution in [3.63, 3.8) is 0 Å². The smallest absolute Gasteiger partial charge is 0.270 e. The minimum Gasteiger partial charge on any atom is -0.488 e. The van der Waals surface area contributed by atoms with Crippen LogP contribution in [-0.4, -0.2) is 4.92 Å². The van der Waals surface area contributed by atoms with Crippen molar-refractivity contribution in [2.75, 3.05) is 0 Å². The predicted octanol–water partition coefficient (Wildman–Crippen LogP) is 6.82. The van der Waals surface area contributed by atoms with Crippen LogP contribution < -0.4 is 4.74 Å². The topological polar surface area (TPSA) is 102 Å². The summed E-state index contributed by atoms with van der Waals surface area (Å²) < 4.78 is 18.2. The zero-order valence-electron chi connectivity index (χ0n) is 16.9. The van der Waals surface area contributed by atoms with Crippen LogP contribution in [-0.2, 0) is 6.61 Å². The molecule has 0 unspecified atom stereocenters. The molecule has 7 nitrogen and oxygen atoms in total. The minimum absolute atomic E-state index is 0.000664. The first-order chi connectivity index (χ1) is 16.1. The number of fused-ring (bicyclic) bond motifs is 11. The number of rotatable bonds is 1. The fraction of sp³-hybridized carbons (Fsp3) is 0.0385. The average Bonchev–Trinajstić information content (AvgIpc) is 3.40. The summed E-state index contributed by atoms with van der Waals surface area (Å²) in [5, 5.41) is 24.0. The number of nitrogens with zero attached hydrogens (tertiary/aromatic N) is 2. The Hall–Kier alpha value is -4.83. The zero-order valence-corrected chi connectivity index (χ0v) is 16.9. The number of nitro groups is 1. The van der Waals surface area contributed by atoms with Gasteiger partial charge in [0, 0.05) is 44.8 Å². The Morgan fingerprint density at radius 2 is 1.48 bits per heavy atom. The van der Waals surface area contributed by atoms with Crippen LogP contribution in [0.4, 0.5) is 5.69 Å². The average molecular weight is 432 g/mol. The molecule has 0 fully saturated rings. The normalized spacial score (nSPS) is 12.6. The first-order valence-corrected chi connectivity index (χ1v) is 10.3. The number of nitriles is 1. The van der Waals surface area contributed by atoms with Crippen molar-refractivity contribution in [3.8, 4) is 22.9 Å². The maximum Gasteiger partial charge on any atom is 0.270 e. The lowest BCUT2D eigenvalue weighted by Gasteiger charge is -2.22. The van der Waals surface area contributed by atoms with E-state index in [1.165, 1.54) is 6.07 Å². The van der Waals surface area contributed by atoms with Gasteiger partial charge in [0.25, 0.3) is 5.69 Å². The third kappa shape index (κ3) is 2.32. The van der Waals surface area contributed by atoms with Gasteiger partial charge in [-0.3, -0.25) is 10.1 Å². The van der Waals surface area contributed by atoms with Gasteiger partial charge in [0.2, 0.25) is 0 Å². The van der Waals surface area contributed by atoms with Crippen LogP contribution in [0, 0.1) is 21.4 Å². The van der Waals surface area contributed by atoms with E-state index in [9.17, 15) is 15.4 Å². The molecule has 0 N–H and O–H groups in total. The Labute approximate surface area is 185 Å². The van der Waals surface area contributed by atoms with Gasteiger partial charge in [0.05, 0.1) is 16.6 Å². The molecule has 156 valence electrons. The number of hydrogen-bond acceptors (Lipinski definition) is 6. The molecule has 33 heavy (non-hydrogen) atoms. The lowest BCUT2D eigenvalue weighted by Crippen LogP contribution is -2.06. The molecule has 0 aliphatic carbocycles. The molecular weight excluding hydrogens is 420 g/mol. The predicted molar refractivity (Wildman–Crippen MR) is 122 cm³/mol. The van der Waals surface area contributed by atoms with Crippen LogP contribution in [0.15, 0.2) is 69.5 Å². The van der Waals surface area contributed by atoms with Crippen LogP contribution in [0.3, 0.4) is 0 Å². The molecular formula is C26H12N2O5. The SMILES string of the molecule is N#Cc1ccc2oc3ccc4c(c3c2c1)-c1c(ccc2oc3ccc([N+](=O)[O-])cc3c12)CO4. The summed E-state index contributed by atoms with van der Waals surface area (Å²) in [4.78, 5) is 11.0. The Morgan fingerprint density at radius 1 is 0.818 bits per heavy atom. The Bertz CT molecular complexity index is 1870.